The number of hydrogen-bond acceptors (Lipinski definition) is 2. The Labute approximate surface area is 88.5 Å². The van der Waals surface area contributed by atoms with Crippen LogP contribution in [0.25, 0.3) is 0 Å². The molecule has 72 valence electrons. The van der Waals surface area contributed by atoms with E-state index < -0.39 is 5.41 Å². The summed E-state index contributed by atoms with van der Waals surface area (Å²) in [5.74, 6) is 2.67. The Balaban J connectivity index is 2.42. The van der Waals surface area contributed by atoms with Crippen molar-refractivity contribution in [3.63, 3.8) is 0 Å². The molecule has 2 nitrogen and oxygen atoms in total. The van der Waals surface area contributed by atoms with Gasteiger partial charge in [0.2, 0.25) is 0 Å². The van der Waals surface area contributed by atoms with Gasteiger partial charge in [-0.2, -0.15) is 5.26 Å². The van der Waals surface area contributed by atoms with E-state index in [0.29, 0.717) is 12.8 Å². The van der Waals surface area contributed by atoms with Gasteiger partial charge >= 0.3 is 0 Å². The van der Waals surface area contributed by atoms with Crippen LogP contribution >= 0.6 is 0 Å². The van der Waals surface area contributed by atoms with Gasteiger partial charge in [0.1, 0.15) is 5.78 Å². The van der Waals surface area contributed by atoms with Crippen molar-refractivity contribution in [1.82, 2.24) is 0 Å². The molecule has 0 aromatic heterocycles. The van der Waals surface area contributed by atoms with Crippen LogP contribution < -0.4 is 0 Å². The van der Waals surface area contributed by atoms with Crippen LogP contribution in [-0.2, 0) is 10.2 Å². The highest BCUT2D eigenvalue weighted by molar-refractivity contribution is 5.90. The molecule has 2 heteroatoms. The second-order valence-corrected chi connectivity index (χ2v) is 3.81. The van der Waals surface area contributed by atoms with Crippen LogP contribution in [0, 0.1) is 23.7 Å². The fourth-order valence-corrected chi connectivity index (χ4v) is 1.88. The summed E-state index contributed by atoms with van der Waals surface area (Å²) >= 11 is 0. The smallest absolute Gasteiger partial charge is 0.136 e. The number of Topliss-reactive ketones (excluding diaryl/α,β-unsaturated/α-hetero) is 1. The molecule has 1 aliphatic rings. The van der Waals surface area contributed by atoms with E-state index in [1.165, 1.54) is 0 Å². The number of carbonyl (C=O) groups is 1. The molecule has 15 heavy (non-hydrogen) atoms. The molecule has 1 aliphatic carbocycles. The number of nitriles is 1. The predicted molar refractivity (Wildman–Crippen MR) is 55.9 cm³/mol. The zero-order valence-corrected chi connectivity index (χ0v) is 8.16. The van der Waals surface area contributed by atoms with Gasteiger partial charge in [-0.3, -0.25) is 4.79 Å². The zero-order chi connectivity index (χ0) is 10.9. The first-order chi connectivity index (χ1) is 7.20. The van der Waals surface area contributed by atoms with E-state index in [2.05, 4.69) is 12.0 Å². The van der Waals surface area contributed by atoms with Crippen molar-refractivity contribution in [1.29, 1.82) is 5.26 Å². The normalized spacial score (nSPS) is 17.3. The highest BCUT2D eigenvalue weighted by atomic mass is 16.1. The van der Waals surface area contributed by atoms with Crippen molar-refractivity contribution in [2.24, 2.45) is 0 Å². The van der Waals surface area contributed by atoms with Crippen LogP contribution in [0.4, 0.5) is 0 Å². The van der Waals surface area contributed by atoms with E-state index in [1.54, 1.807) is 0 Å². The third-order valence-corrected chi connectivity index (χ3v) is 2.79. The fraction of sp³-hybridized carbons (Fsp3) is 0.231. The second kappa shape index (κ2) is 3.26. The first-order valence-electron chi connectivity index (χ1n) is 4.70. The quantitative estimate of drug-likeness (QED) is 0.641. The van der Waals surface area contributed by atoms with Crippen LogP contribution in [0.5, 0.6) is 0 Å². The molecule has 0 amide bonds. The summed E-state index contributed by atoms with van der Waals surface area (Å²) in [6.45, 7) is 0. The summed E-state index contributed by atoms with van der Waals surface area (Å²) in [4.78, 5) is 11.0. The number of terminal acetylenes is 1. The van der Waals surface area contributed by atoms with Crippen molar-refractivity contribution in [3.8, 4) is 18.4 Å². The first kappa shape index (κ1) is 9.49. The van der Waals surface area contributed by atoms with Crippen molar-refractivity contribution in [2.75, 3.05) is 0 Å². The highest BCUT2D eigenvalue weighted by Crippen LogP contribution is 2.40. The predicted octanol–water partition coefficient (Wildman–Crippen LogP) is 1.79. The summed E-state index contributed by atoms with van der Waals surface area (Å²) in [6.07, 6.45) is 5.92. The van der Waals surface area contributed by atoms with Gasteiger partial charge in [-0.05, 0) is 17.7 Å². The van der Waals surface area contributed by atoms with Crippen LogP contribution in [0.2, 0.25) is 0 Å². The number of ketones is 1. The molecule has 0 N–H and O–H groups in total. The average Bonchev–Trinajstić information content (AvgIpc) is 2.24. The van der Waals surface area contributed by atoms with E-state index in [4.69, 9.17) is 11.7 Å². The Kier molecular flexibility index (Phi) is 2.06. The number of benzene rings is 1. The standard InChI is InChI=1S/C13H9NO/c1-2-10-4-3-5-11(6-10)13(9-14)7-12(15)8-13/h1,3-6H,7-8H2. The van der Waals surface area contributed by atoms with E-state index in [9.17, 15) is 4.79 Å². The minimum Gasteiger partial charge on any atom is -0.300 e. The number of hydrogen-bond donors (Lipinski definition) is 0. The van der Waals surface area contributed by atoms with Gasteiger partial charge in [-0.25, -0.2) is 0 Å². The van der Waals surface area contributed by atoms with Gasteiger partial charge < -0.3 is 0 Å². The minimum atomic E-state index is -0.621. The van der Waals surface area contributed by atoms with Gasteiger partial charge in [-0.1, -0.05) is 18.1 Å². The van der Waals surface area contributed by atoms with Crippen molar-refractivity contribution < 1.29 is 4.79 Å². The lowest BCUT2D eigenvalue weighted by molar-refractivity contribution is -0.126. The molecular weight excluding hydrogens is 186 g/mol. The second-order valence-electron chi connectivity index (χ2n) is 3.81. The van der Waals surface area contributed by atoms with E-state index in [1.807, 2.05) is 24.3 Å². The van der Waals surface area contributed by atoms with Crippen LogP contribution in [0.15, 0.2) is 24.3 Å². The average molecular weight is 195 g/mol. The first-order valence-corrected chi connectivity index (χ1v) is 4.70. The lowest BCUT2D eigenvalue weighted by atomic mass is 9.64. The monoisotopic (exact) mass is 195 g/mol. The van der Waals surface area contributed by atoms with Crippen molar-refractivity contribution in [2.45, 2.75) is 18.3 Å². The molecule has 0 atom stereocenters. The lowest BCUT2D eigenvalue weighted by Crippen LogP contribution is -2.40. The molecular formula is C13H9NO. The summed E-state index contributed by atoms with van der Waals surface area (Å²) in [5, 5.41) is 9.12. The van der Waals surface area contributed by atoms with E-state index in [-0.39, 0.29) is 5.78 Å². The van der Waals surface area contributed by atoms with E-state index in [0.717, 1.165) is 11.1 Å². The van der Waals surface area contributed by atoms with Gasteiger partial charge in [0, 0.05) is 18.4 Å². The van der Waals surface area contributed by atoms with Crippen molar-refractivity contribution >= 4 is 5.78 Å². The molecule has 0 heterocycles. The van der Waals surface area contributed by atoms with Gasteiger partial charge in [0.05, 0.1) is 11.5 Å². The molecule has 1 fully saturated rings. The topological polar surface area (TPSA) is 40.9 Å². The Morgan fingerprint density at radius 2 is 2.13 bits per heavy atom. The number of nitrogens with zero attached hydrogens (tertiary/aromatic N) is 1. The molecule has 0 saturated heterocycles. The molecule has 0 bridgehead atoms. The number of carbonyl (C=O) groups excluding carboxylic acids is 1. The van der Waals surface area contributed by atoms with Crippen LogP contribution in [0.3, 0.4) is 0 Å². The van der Waals surface area contributed by atoms with Gasteiger partial charge in [0.15, 0.2) is 0 Å². The van der Waals surface area contributed by atoms with Crippen LogP contribution in [0.1, 0.15) is 24.0 Å². The zero-order valence-electron chi connectivity index (χ0n) is 8.16. The Morgan fingerprint density at radius 3 is 2.67 bits per heavy atom. The maximum atomic E-state index is 11.0. The lowest BCUT2D eigenvalue weighted by Gasteiger charge is -2.34. The molecule has 0 radical (unpaired) electrons. The minimum absolute atomic E-state index is 0.141. The molecule has 1 aromatic carbocycles. The Hall–Kier alpha value is -2.06. The third-order valence-electron chi connectivity index (χ3n) is 2.79. The molecule has 1 aromatic rings. The molecule has 2 rings (SSSR count). The number of rotatable bonds is 1. The molecule has 1 saturated carbocycles. The summed E-state index contributed by atoms with van der Waals surface area (Å²) in [6, 6.07) is 9.54. The van der Waals surface area contributed by atoms with Gasteiger partial charge in [0.25, 0.3) is 0 Å². The summed E-state index contributed by atoms with van der Waals surface area (Å²) in [5.41, 5.74) is 0.991. The van der Waals surface area contributed by atoms with E-state index >= 15 is 0 Å². The molecule has 0 unspecified atom stereocenters. The fourth-order valence-electron chi connectivity index (χ4n) is 1.88. The summed E-state index contributed by atoms with van der Waals surface area (Å²) in [7, 11) is 0. The third kappa shape index (κ3) is 1.41. The SMILES string of the molecule is C#Cc1cccc(C2(C#N)CC(=O)C2)c1. The van der Waals surface area contributed by atoms with Crippen molar-refractivity contribution in [3.05, 3.63) is 35.4 Å². The summed E-state index contributed by atoms with van der Waals surface area (Å²) < 4.78 is 0. The Morgan fingerprint density at radius 1 is 1.40 bits per heavy atom. The highest BCUT2D eigenvalue weighted by Gasteiger charge is 2.45. The maximum Gasteiger partial charge on any atom is 0.136 e. The Bertz CT molecular complexity index is 494. The maximum absolute atomic E-state index is 11.0. The largest absolute Gasteiger partial charge is 0.300 e. The molecule has 0 aliphatic heterocycles. The van der Waals surface area contributed by atoms with Crippen LogP contribution in [-0.4, -0.2) is 5.78 Å². The molecule has 0 spiro atoms. The van der Waals surface area contributed by atoms with Gasteiger partial charge in [-0.15, -0.1) is 6.42 Å².